The fraction of sp³-hybridized carbons (Fsp3) is 0.333. The first kappa shape index (κ1) is 10.4. The Balaban J connectivity index is 2.36. The van der Waals surface area contributed by atoms with Crippen LogP contribution in [0.2, 0.25) is 0 Å². The Bertz CT molecular complexity index is 471. The summed E-state index contributed by atoms with van der Waals surface area (Å²) in [5, 5.41) is 0. The molecule has 0 saturated carbocycles. The summed E-state index contributed by atoms with van der Waals surface area (Å²) >= 11 is 0. The van der Waals surface area contributed by atoms with Gasteiger partial charge in [0.15, 0.2) is 0 Å². The van der Waals surface area contributed by atoms with Gasteiger partial charge < -0.3 is 0 Å². The van der Waals surface area contributed by atoms with Crippen LogP contribution in [0.4, 0.5) is 10.1 Å². The number of anilines is 1. The first-order valence-electron chi connectivity index (χ1n) is 4.52. The van der Waals surface area contributed by atoms with Gasteiger partial charge in [-0.3, -0.25) is 4.31 Å². The lowest BCUT2D eigenvalue weighted by Crippen LogP contribution is -2.32. The molecule has 1 aliphatic heterocycles. The lowest BCUT2D eigenvalue weighted by atomic mass is 10.3. The second kappa shape index (κ2) is 3.46. The van der Waals surface area contributed by atoms with Crippen LogP contribution in [0.15, 0.2) is 24.3 Å². The zero-order valence-electron chi connectivity index (χ0n) is 8.22. The molecular weight excluding hydrogens is 219 g/mol. The first-order valence-corrected chi connectivity index (χ1v) is 5.92. The van der Waals surface area contributed by atoms with Gasteiger partial charge in [-0.15, -0.1) is 0 Å². The van der Waals surface area contributed by atoms with E-state index < -0.39 is 16.0 Å². The van der Waals surface area contributed by atoms with Crippen LogP contribution in [0.5, 0.6) is 0 Å². The van der Waals surface area contributed by atoms with Gasteiger partial charge in [-0.1, -0.05) is 12.1 Å². The van der Waals surface area contributed by atoms with Crippen molar-refractivity contribution in [2.75, 3.05) is 24.4 Å². The summed E-state index contributed by atoms with van der Waals surface area (Å²) < 4.78 is 39.0. The monoisotopic (exact) mass is 230 g/mol. The molecule has 82 valence electrons. The van der Waals surface area contributed by atoms with Crippen molar-refractivity contribution >= 4 is 15.9 Å². The smallest absolute Gasteiger partial charge is 0.258 e. The van der Waals surface area contributed by atoms with E-state index >= 15 is 0 Å². The maximum absolute atomic E-state index is 13.3. The highest BCUT2D eigenvalue weighted by Crippen LogP contribution is 2.24. The topological polar surface area (TPSA) is 40.4 Å². The van der Waals surface area contributed by atoms with Gasteiger partial charge in [-0.2, -0.15) is 12.7 Å². The molecule has 0 atom stereocenters. The van der Waals surface area contributed by atoms with E-state index in [1.807, 2.05) is 0 Å². The molecule has 6 heteroatoms. The van der Waals surface area contributed by atoms with E-state index in [1.54, 1.807) is 6.07 Å². The van der Waals surface area contributed by atoms with E-state index in [4.69, 9.17) is 0 Å². The highest BCUT2D eigenvalue weighted by Gasteiger charge is 2.36. The lowest BCUT2D eigenvalue weighted by molar-refractivity contribution is 0.558. The van der Waals surface area contributed by atoms with Gasteiger partial charge in [0.25, 0.3) is 0 Å². The van der Waals surface area contributed by atoms with Crippen molar-refractivity contribution in [3.8, 4) is 0 Å². The van der Waals surface area contributed by atoms with Crippen molar-refractivity contribution in [1.82, 2.24) is 4.31 Å². The summed E-state index contributed by atoms with van der Waals surface area (Å²) in [5.41, 5.74) is 0.0735. The van der Waals surface area contributed by atoms with Crippen molar-refractivity contribution in [2.45, 2.75) is 0 Å². The minimum absolute atomic E-state index is 0.0735. The molecule has 0 spiro atoms. The Morgan fingerprint density at radius 1 is 1.33 bits per heavy atom. The Morgan fingerprint density at radius 2 is 1.93 bits per heavy atom. The molecule has 1 saturated heterocycles. The number of hydrogen-bond donors (Lipinski definition) is 0. The van der Waals surface area contributed by atoms with Gasteiger partial charge >= 0.3 is 10.2 Å². The second-order valence-electron chi connectivity index (χ2n) is 3.33. The van der Waals surface area contributed by atoms with Crippen LogP contribution in [-0.2, 0) is 10.2 Å². The largest absolute Gasteiger partial charge is 0.304 e. The Labute approximate surface area is 88.1 Å². The molecule has 1 heterocycles. The summed E-state index contributed by atoms with van der Waals surface area (Å²) in [6, 6.07) is 5.81. The lowest BCUT2D eigenvalue weighted by Gasteiger charge is -2.19. The standard InChI is InChI=1S/C9H11FN2O2S/c1-11(15(13,14)12-6-7-12)9-5-3-2-4-8(9)10/h2-5H,6-7H2,1H3. The SMILES string of the molecule is CN(c1ccccc1F)S(=O)(=O)N1CC1. The molecule has 1 aromatic rings. The molecule has 2 rings (SSSR count). The third-order valence-corrected chi connectivity index (χ3v) is 4.18. The quantitative estimate of drug-likeness (QED) is 0.721. The van der Waals surface area contributed by atoms with Crippen molar-refractivity contribution in [3.05, 3.63) is 30.1 Å². The maximum atomic E-state index is 13.3. The summed E-state index contributed by atoms with van der Waals surface area (Å²) in [6.07, 6.45) is 0. The fourth-order valence-corrected chi connectivity index (χ4v) is 2.56. The normalized spacial score (nSPS) is 16.4. The molecule has 0 aromatic heterocycles. The Kier molecular flexibility index (Phi) is 2.40. The molecule has 0 N–H and O–H groups in total. The van der Waals surface area contributed by atoms with Crippen LogP contribution in [0, 0.1) is 5.82 Å². The summed E-state index contributed by atoms with van der Waals surface area (Å²) in [4.78, 5) is 0. The molecule has 1 aromatic carbocycles. The van der Waals surface area contributed by atoms with E-state index in [2.05, 4.69) is 0 Å². The number of hydrogen-bond acceptors (Lipinski definition) is 2. The van der Waals surface area contributed by atoms with E-state index in [0.29, 0.717) is 13.1 Å². The third-order valence-electron chi connectivity index (χ3n) is 2.27. The molecule has 4 nitrogen and oxygen atoms in total. The minimum Gasteiger partial charge on any atom is -0.258 e. The van der Waals surface area contributed by atoms with E-state index in [-0.39, 0.29) is 5.69 Å². The zero-order chi connectivity index (χ0) is 11.1. The molecule has 0 amide bonds. The summed E-state index contributed by atoms with van der Waals surface area (Å²) in [7, 11) is -2.16. The van der Waals surface area contributed by atoms with Crippen molar-refractivity contribution in [2.24, 2.45) is 0 Å². The van der Waals surface area contributed by atoms with Gasteiger partial charge in [0.2, 0.25) is 0 Å². The molecule has 0 bridgehead atoms. The van der Waals surface area contributed by atoms with E-state index in [9.17, 15) is 12.8 Å². The van der Waals surface area contributed by atoms with Gasteiger partial charge in [0.1, 0.15) is 5.82 Å². The number of benzene rings is 1. The molecular formula is C9H11FN2O2S. The molecule has 15 heavy (non-hydrogen) atoms. The van der Waals surface area contributed by atoms with Crippen LogP contribution >= 0.6 is 0 Å². The average molecular weight is 230 g/mol. The number of nitrogens with zero attached hydrogens (tertiary/aromatic N) is 2. The molecule has 0 radical (unpaired) electrons. The fourth-order valence-electron chi connectivity index (χ4n) is 1.28. The minimum atomic E-state index is -3.51. The van der Waals surface area contributed by atoms with Crippen molar-refractivity contribution < 1.29 is 12.8 Å². The zero-order valence-corrected chi connectivity index (χ0v) is 9.04. The Hall–Kier alpha value is -1.14. The van der Waals surface area contributed by atoms with E-state index in [1.165, 1.54) is 29.6 Å². The Morgan fingerprint density at radius 3 is 2.47 bits per heavy atom. The number of para-hydroxylation sites is 1. The highest BCUT2D eigenvalue weighted by molar-refractivity contribution is 7.90. The van der Waals surface area contributed by atoms with E-state index in [0.717, 1.165) is 4.31 Å². The third kappa shape index (κ3) is 1.82. The van der Waals surface area contributed by atoms with Gasteiger partial charge in [0, 0.05) is 20.1 Å². The molecule has 1 fully saturated rings. The number of halogens is 1. The highest BCUT2D eigenvalue weighted by atomic mass is 32.2. The summed E-state index contributed by atoms with van der Waals surface area (Å²) in [5.74, 6) is -0.537. The van der Waals surface area contributed by atoms with Crippen molar-refractivity contribution in [1.29, 1.82) is 0 Å². The second-order valence-corrected chi connectivity index (χ2v) is 5.29. The van der Waals surface area contributed by atoms with Gasteiger partial charge in [0.05, 0.1) is 5.69 Å². The predicted octanol–water partition coefficient (Wildman–Crippen LogP) is 0.822. The van der Waals surface area contributed by atoms with Crippen LogP contribution in [-0.4, -0.2) is 32.9 Å². The molecule has 0 aliphatic carbocycles. The average Bonchev–Trinajstić information content (AvgIpc) is 3.00. The molecule has 1 aliphatic rings. The van der Waals surface area contributed by atoms with Crippen LogP contribution < -0.4 is 4.31 Å². The van der Waals surface area contributed by atoms with Gasteiger partial charge in [-0.25, -0.2) is 4.39 Å². The van der Waals surface area contributed by atoms with Crippen LogP contribution in [0.25, 0.3) is 0 Å². The van der Waals surface area contributed by atoms with Crippen molar-refractivity contribution in [3.63, 3.8) is 0 Å². The van der Waals surface area contributed by atoms with Gasteiger partial charge in [-0.05, 0) is 12.1 Å². The number of rotatable bonds is 3. The summed E-state index contributed by atoms with van der Waals surface area (Å²) in [6.45, 7) is 1.03. The van der Waals surface area contributed by atoms with Crippen LogP contribution in [0.1, 0.15) is 0 Å². The molecule has 0 unspecified atom stereocenters. The predicted molar refractivity (Wildman–Crippen MR) is 55.3 cm³/mol. The maximum Gasteiger partial charge on any atom is 0.304 e. The first-order chi connectivity index (χ1) is 7.03. The van der Waals surface area contributed by atoms with Crippen LogP contribution in [0.3, 0.4) is 0 Å².